The van der Waals surface area contributed by atoms with Crippen molar-refractivity contribution < 1.29 is 9.90 Å². The minimum absolute atomic E-state index is 0.112. The highest BCUT2D eigenvalue weighted by Crippen LogP contribution is 2.16. The van der Waals surface area contributed by atoms with E-state index in [2.05, 4.69) is 13.0 Å². The molecular formula is C23H36N2O3. The molecule has 0 saturated carbocycles. The Morgan fingerprint density at radius 3 is 1.75 bits per heavy atom. The molecule has 0 atom stereocenters. The van der Waals surface area contributed by atoms with Crippen molar-refractivity contribution in [2.75, 3.05) is 0 Å². The maximum Gasteiger partial charge on any atom is 0.329 e. The molecule has 1 aromatic carbocycles. The molecule has 0 fully saturated rings. The van der Waals surface area contributed by atoms with Crippen molar-refractivity contribution in [3.05, 3.63) is 34.7 Å². The monoisotopic (exact) mass is 388 g/mol. The molecular weight excluding hydrogens is 352 g/mol. The molecule has 28 heavy (non-hydrogen) atoms. The van der Waals surface area contributed by atoms with Gasteiger partial charge in [0.1, 0.15) is 0 Å². The van der Waals surface area contributed by atoms with Gasteiger partial charge in [0.05, 0.1) is 11.0 Å². The minimum atomic E-state index is -0.718. The Kier molecular flexibility index (Phi) is 9.87. The summed E-state index contributed by atoms with van der Waals surface area (Å²) in [6.07, 6.45) is 12.3. The second-order valence-corrected chi connectivity index (χ2v) is 7.75. The standard InChI is InChI=1S/C23H36N2O3/c1-2-3-4-5-8-13-18-24-20-15-11-12-16-21(20)25(23(24)28)19-14-9-6-7-10-17-22(26)27/h11-12,15-16H,2-10,13-14,17-19H2,1H3,(H,26,27). The molecule has 0 saturated heterocycles. The largest absolute Gasteiger partial charge is 0.481 e. The van der Waals surface area contributed by atoms with E-state index in [1.54, 1.807) is 0 Å². The van der Waals surface area contributed by atoms with Crippen LogP contribution in [0.5, 0.6) is 0 Å². The Bertz CT molecular complexity index is 776. The fourth-order valence-electron chi connectivity index (χ4n) is 3.83. The molecule has 0 amide bonds. The Hall–Kier alpha value is -2.04. The van der Waals surface area contributed by atoms with Crippen LogP contribution in [0.4, 0.5) is 0 Å². The van der Waals surface area contributed by atoms with Crippen LogP contribution in [0, 0.1) is 0 Å². The quantitative estimate of drug-likeness (QED) is 0.405. The van der Waals surface area contributed by atoms with Crippen LogP contribution in [0.3, 0.4) is 0 Å². The average molecular weight is 389 g/mol. The molecule has 0 bridgehead atoms. The molecule has 2 rings (SSSR count). The number of rotatable bonds is 15. The zero-order chi connectivity index (χ0) is 20.2. The molecule has 0 aliphatic carbocycles. The Morgan fingerprint density at radius 2 is 1.25 bits per heavy atom. The molecule has 0 aliphatic rings. The number of carbonyl (C=O) groups is 1. The van der Waals surface area contributed by atoms with Gasteiger partial charge < -0.3 is 5.11 Å². The van der Waals surface area contributed by atoms with Crippen molar-refractivity contribution in [2.45, 2.75) is 97.1 Å². The summed E-state index contributed by atoms with van der Waals surface area (Å²) in [5.41, 5.74) is 2.19. The summed E-state index contributed by atoms with van der Waals surface area (Å²) in [6, 6.07) is 8.10. The molecule has 1 aromatic heterocycles. The van der Waals surface area contributed by atoms with E-state index >= 15 is 0 Å². The second-order valence-electron chi connectivity index (χ2n) is 7.75. The zero-order valence-corrected chi connectivity index (χ0v) is 17.4. The first kappa shape index (κ1) is 22.3. The minimum Gasteiger partial charge on any atom is -0.481 e. The SMILES string of the molecule is CCCCCCCCn1c(=O)n(CCCCCCCC(=O)O)c2ccccc21. The summed E-state index contributed by atoms with van der Waals surface area (Å²) in [5, 5.41) is 8.67. The first-order valence-corrected chi connectivity index (χ1v) is 11.0. The predicted octanol–water partition coefficient (Wildman–Crippen LogP) is 5.59. The van der Waals surface area contributed by atoms with E-state index in [0.29, 0.717) is 0 Å². The summed E-state index contributed by atoms with van der Waals surface area (Å²) in [7, 11) is 0. The van der Waals surface area contributed by atoms with Crippen LogP contribution in [-0.2, 0) is 17.9 Å². The summed E-state index contributed by atoms with van der Waals surface area (Å²) >= 11 is 0. The third-order valence-corrected chi connectivity index (χ3v) is 5.43. The number of para-hydroxylation sites is 2. The smallest absolute Gasteiger partial charge is 0.329 e. The lowest BCUT2D eigenvalue weighted by molar-refractivity contribution is -0.137. The summed E-state index contributed by atoms with van der Waals surface area (Å²) < 4.78 is 3.87. The number of unbranched alkanes of at least 4 members (excludes halogenated alkanes) is 9. The highest BCUT2D eigenvalue weighted by atomic mass is 16.4. The second kappa shape index (κ2) is 12.4. The van der Waals surface area contributed by atoms with E-state index < -0.39 is 5.97 Å². The van der Waals surface area contributed by atoms with E-state index in [0.717, 1.165) is 62.6 Å². The predicted molar refractivity (Wildman–Crippen MR) is 115 cm³/mol. The molecule has 156 valence electrons. The summed E-state index contributed by atoms with van der Waals surface area (Å²) in [5.74, 6) is -0.718. The first-order chi connectivity index (χ1) is 13.6. The van der Waals surface area contributed by atoms with Crippen LogP contribution in [0.1, 0.15) is 84.0 Å². The fourth-order valence-corrected chi connectivity index (χ4v) is 3.83. The van der Waals surface area contributed by atoms with E-state index in [9.17, 15) is 9.59 Å². The number of benzene rings is 1. The summed E-state index contributed by atoms with van der Waals surface area (Å²) in [4.78, 5) is 23.5. The average Bonchev–Trinajstić information content (AvgIpc) is 2.95. The van der Waals surface area contributed by atoms with Gasteiger partial charge in [-0.15, -0.1) is 0 Å². The molecule has 2 aromatic rings. The van der Waals surface area contributed by atoms with Gasteiger partial charge in [-0.1, -0.05) is 70.4 Å². The van der Waals surface area contributed by atoms with Gasteiger partial charge in [-0.2, -0.15) is 0 Å². The number of hydrogen-bond acceptors (Lipinski definition) is 2. The van der Waals surface area contributed by atoms with Crippen LogP contribution < -0.4 is 5.69 Å². The zero-order valence-electron chi connectivity index (χ0n) is 17.4. The number of carboxylic acids is 1. The van der Waals surface area contributed by atoms with E-state index in [1.165, 1.54) is 32.1 Å². The number of hydrogen-bond donors (Lipinski definition) is 1. The van der Waals surface area contributed by atoms with Crippen molar-refractivity contribution in [1.82, 2.24) is 9.13 Å². The normalized spacial score (nSPS) is 11.3. The van der Waals surface area contributed by atoms with Crippen molar-refractivity contribution in [3.63, 3.8) is 0 Å². The molecule has 0 unspecified atom stereocenters. The van der Waals surface area contributed by atoms with Gasteiger partial charge in [0.2, 0.25) is 0 Å². The van der Waals surface area contributed by atoms with Gasteiger partial charge in [-0.25, -0.2) is 4.79 Å². The fraction of sp³-hybridized carbons (Fsp3) is 0.652. The van der Waals surface area contributed by atoms with Crippen LogP contribution >= 0.6 is 0 Å². The Labute approximate surface area is 168 Å². The number of imidazole rings is 1. The van der Waals surface area contributed by atoms with E-state index in [4.69, 9.17) is 5.11 Å². The number of aliphatic carboxylic acids is 1. The molecule has 1 N–H and O–H groups in total. The topological polar surface area (TPSA) is 64.2 Å². The Morgan fingerprint density at radius 1 is 0.786 bits per heavy atom. The number of aromatic nitrogens is 2. The van der Waals surface area contributed by atoms with Gasteiger partial charge in [-0.3, -0.25) is 13.9 Å². The van der Waals surface area contributed by atoms with Crippen molar-refractivity contribution in [3.8, 4) is 0 Å². The van der Waals surface area contributed by atoms with Gasteiger partial charge in [0, 0.05) is 19.5 Å². The molecule has 1 heterocycles. The third-order valence-electron chi connectivity index (χ3n) is 5.43. The van der Waals surface area contributed by atoms with Crippen molar-refractivity contribution >= 4 is 17.0 Å². The first-order valence-electron chi connectivity index (χ1n) is 11.0. The summed E-state index contributed by atoms with van der Waals surface area (Å²) in [6.45, 7) is 3.76. The maximum atomic E-state index is 13.0. The molecule has 0 spiro atoms. The van der Waals surface area contributed by atoms with Gasteiger partial charge in [0.15, 0.2) is 0 Å². The van der Waals surface area contributed by atoms with Crippen LogP contribution in [0.2, 0.25) is 0 Å². The molecule has 0 aliphatic heterocycles. The molecule has 0 radical (unpaired) electrons. The molecule has 5 nitrogen and oxygen atoms in total. The highest BCUT2D eigenvalue weighted by molar-refractivity contribution is 5.75. The lowest BCUT2D eigenvalue weighted by atomic mass is 10.1. The number of fused-ring (bicyclic) bond motifs is 1. The third kappa shape index (κ3) is 6.84. The van der Waals surface area contributed by atoms with Crippen LogP contribution in [-0.4, -0.2) is 20.2 Å². The van der Waals surface area contributed by atoms with Gasteiger partial charge in [-0.05, 0) is 31.4 Å². The van der Waals surface area contributed by atoms with Crippen molar-refractivity contribution in [2.24, 2.45) is 0 Å². The Balaban J connectivity index is 1.88. The number of nitrogens with zero attached hydrogens (tertiary/aromatic N) is 2. The lowest BCUT2D eigenvalue weighted by Gasteiger charge is -2.04. The maximum absolute atomic E-state index is 13.0. The van der Waals surface area contributed by atoms with Gasteiger partial charge in [0.25, 0.3) is 0 Å². The molecule has 5 heteroatoms. The number of carboxylic acid groups (broad SMARTS) is 1. The van der Waals surface area contributed by atoms with Crippen LogP contribution in [0.15, 0.2) is 29.1 Å². The van der Waals surface area contributed by atoms with E-state index in [-0.39, 0.29) is 12.1 Å². The number of aryl methyl sites for hydroxylation is 2. The van der Waals surface area contributed by atoms with Crippen LogP contribution in [0.25, 0.3) is 11.0 Å². The van der Waals surface area contributed by atoms with Crippen molar-refractivity contribution in [1.29, 1.82) is 0 Å². The highest BCUT2D eigenvalue weighted by Gasteiger charge is 2.12. The van der Waals surface area contributed by atoms with E-state index in [1.807, 2.05) is 27.3 Å². The lowest BCUT2D eigenvalue weighted by Crippen LogP contribution is -2.24. The van der Waals surface area contributed by atoms with Gasteiger partial charge >= 0.3 is 11.7 Å².